The highest BCUT2D eigenvalue weighted by Gasteiger charge is 2.49. The van der Waals surface area contributed by atoms with Gasteiger partial charge in [-0.15, -0.1) is 0 Å². The molecule has 3 aromatic rings. The fourth-order valence-electron chi connectivity index (χ4n) is 5.51. The average Bonchev–Trinajstić information content (AvgIpc) is 2.97. The highest BCUT2D eigenvalue weighted by atomic mass is 16.4. The average molecular weight is 333 g/mol. The SMILES string of the molecule is C[C@@]1(C(=O)O)CCCC2c3cc4c(cc3CC[C@H]21)[nH]c1ccccc14. The molecule has 1 unspecified atom stereocenters. The van der Waals surface area contributed by atoms with Crippen LogP contribution in [0.15, 0.2) is 36.4 Å². The lowest BCUT2D eigenvalue weighted by molar-refractivity contribution is -0.154. The summed E-state index contributed by atoms with van der Waals surface area (Å²) in [5.41, 5.74) is 4.62. The van der Waals surface area contributed by atoms with Crippen molar-refractivity contribution >= 4 is 27.8 Å². The van der Waals surface area contributed by atoms with Crippen molar-refractivity contribution < 1.29 is 9.90 Å². The molecule has 3 nitrogen and oxygen atoms in total. The summed E-state index contributed by atoms with van der Waals surface area (Å²) in [7, 11) is 0. The van der Waals surface area contributed by atoms with E-state index in [1.54, 1.807) is 0 Å². The summed E-state index contributed by atoms with van der Waals surface area (Å²) in [6.45, 7) is 1.97. The van der Waals surface area contributed by atoms with E-state index in [1.807, 2.05) is 6.92 Å². The molecule has 0 saturated heterocycles. The Bertz CT molecular complexity index is 1000. The predicted octanol–water partition coefficient (Wildman–Crippen LogP) is 5.24. The minimum atomic E-state index is -0.612. The molecule has 2 aliphatic carbocycles. The van der Waals surface area contributed by atoms with Crippen molar-refractivity contribution in [3.05, 3.63) is 47.5 Å². The maximum absolute atomic E-state index is 12.0. The monoisotopic (exact) mass is 333 g/mol. The second-order valence-electron chi connectivity index (χ2n) is 8.13. The van der Waals surface area contributed by atoms with Gasteiger partial charge < -0.3 is 10.1 Å². The molecule has 2 aliphatic rings. The first-order valence-electron chi connectivity index (χ1n) is 9.34. The summed E-state index contributed by atoms with van der Waals surface area (Å²) in [5, 5.41) is 12.4. The number of hydrogen-bond acceptors (Lipinski definition) is 1. The molecule has 1 aromatic heterocycles. The molecule has 1 heterocycles. The van der Waals surface area contributed by atoms with Gasteiger partial charge in [0.05, 0.1) is 5.41 Å². The zero-order chi connectivity index (χ0) is 17.2. The zero-order valence-electron chi connectivity index (χ0n) is 14.5. The molecule has 128 valence electrons. The van der Waals surface area contributed by atoms with Crippen LogP contribution in [0.1, 0.15) is 49.7 Å². The Kier molecular flexibility index (Phi) is 3.06. The number of rotatable bonds is 1. The smallest absolute Gasteiger partial charge is 0.309 e. The van der Waals surface area contributed by atoms with Gasteiger partial charge in [0.2, 0.25) is 0 Å². The molecule has 5 rings (SSSR count). The normalized spacial score (nSPS) is 28.7. The lowest BCUT2D eigenvalue weighted by Gasteiger charge is -2.46. The van der Waals surface area contributed by atoms with Crippen LogP contribution in [0, 0.1) is 11.3 Å². The number of nitrogens with one attached hydrogen (secondary N) is 1. The molecule has 1 saturated carbocycles. The topological polar surface area (TPSA) is 53.1 Å². The van der Waals surface area contributed by atoms with Crippen molar-refractivity contribution in [3.8, 4) is 0 Å². The third kappa shape index (κ3) is 2.01. The fraction of sp³-hybridized carbons (Fsp3) is 0.409. The summed E-state index contributed by atoms with van der Waals surface area (Å²) in [5.74, 6) is 0.0318. The number of benzene rings is 2. The van der Waals surface area contributed by atoms with Gasteiger partial charge in [0.15, 0.2) is 0 Å². The molecular formula is C22H23NO2. The van der Waals surface area contributed by atoms with Crippen molar-refractivity contribution in [3.63, 3.8) is 0 Å². The number of carbonyl (C=O) groups is 1. The van der Waals surface area contributed by atoms with Gasteiger partial charge in [0.25, 0.3) is 0 Å². The van der Waals surface area contributed by atoms with E-state index in [0.29, 0.717) is 5.92 Å². The molecular weight excluding hydrogens is 310 g/mol. The van der Waals surface area contributed by atoms with Crippen molar-refractivity contribution in [2.75, 3.05) is 0 Å². The first kappa shape index (κ1) is 15.0. The number of aromatic nitrogens is 1. The zero-order valence-corrected chi connectivity index (χ0v) is 14.5. The molecule has 3 heteroatoms. The summed E-state index contributed by atoms with van der Waals surface area (Å²) < 4.78 is 0. The highest BCUT2D eigenvalue weighted by Crippen LogP contribution is 2.54. The summed E-state index contributed by atoms with van der Waals surface area (Å²) >= 11 is 0. The van der Waals surface area contributed by atoms with Crippen LogP contribution in [0.5, 0.6) is 0 Å². The van der Waals surface area contributed by atoms with E-state index < -0.39 is 11.4 Å². The number of para-hydroxylation sites is 1. The third-order valence-corrected chi connectivity index (χ3v) is 6.89. The van der Waals surface area contributed by atoms with Crippen LogP contribution in [0.2, 0.25) is 0 Å². The van der Waals surface area contributed by atoms with E-state index >= 15 is 0 Å². The maximum Gasteiger partial charge on any atom is 0.309 e. The summed E-state index contributed by atoms with van der Waals surface area (Å²) in [6, 6.07) is 13.1. The molecule has 0 spiro atoms. The first-order valence-corrected chi connectivity index (χ1v) is 9.34. The fourth-order valence-corrected chi connectivity index (χ4v) is 5.51. The number of carboxylic acid groups (broad SMARTS) is 1. The number of fused-ring (bicyclic) bond motifs is 6. The van der Waals surface area contributed by atoms with Gasteiger partial charge in [0.1, 0.15) is 0 Å². The van der Waals surface area contributed by atoms with Gasteiger partial charge >= 0.3 is 5.97 Å². The Morgan fingerprint density at radius 2 is 2.00 bits per heavy atom. The van der Waals surface area contributed by atoms with Crippen LogP contribution in [0.25, 0.3) is 21.8 Å². The van der Waals surface area contributed by atoms with Crippen molar-refractivity contribution in [2.45, 2.75) is 44.9 Å². The minimum absolute atomic E-state index is 0.258. The van der Waals surface area contributed by atoms with E-state index in [-0.39, 0.29) is 5.92 Å². The standard InChI is InChI=1S/C22H23NO2/c1-22(21(24)25)10-4-6-14-16-12-17-15-5-2-3-7-19(15)23-20(17)11-13(16)8-9-18(14)22/h2-3,5,7,11-12,14,18,23H,4,6,8-10H2,1H3,(H,24,25)/t14?,18-,22-/m1/s1. The van der Waals surface area contributed by atoms with Gasteiger partial charge in [-0.05, 0) is 73.8 Å². The molecule has 0 aliphatic heterocycles. The minimum Gasteiger partial charge on any atom is -0.481 e. The van der Waals surface area contributed by atoms with Crippen LogP contribution in [0.4, 0.5) is 0 Å². The number of aromatic amines is 1. The Morgan fingerprint density at radius 3 is 2.84 bits per heavy atom. The second-order valence-corrected chi connectivity index (χ2v) is 8.13. The first-order chi connectivity index (χ1) is 12.1. The maximum atomic E-state index is 12.0. The highest BCUT2D eigenvalue weighted by molar-refractivity contribution is 6.07. The number of aryl methyl sites for hydroxylation is 1. The van der Waals surface area contributed by atoms with Gasteiger partial charge in [0, 0.05) is 21.8 Å². The number of carboxylic acids is 1. The summed E-state index contributed by atoms with van der Waals surface area (Å²) in [4.78, 5) is 15.5. The van der Waals surface area contributed by atoms with Crippen molar-refractivity contribution in [1.82, 2.24) is 4.98 Å². The predicted molar refractivity (Wildman–Crippen MR) is 100.0 cm³/mol. The molecule has 2 aromatic carbocycles. The van der Waals surface area contributed by atoms with Crippen LogP contribution < -0.4 is 0 Å². The van der Waals surface area contributed by atoms with Crippen molar-refractivity contribution in [1.29, 1.82) is 0 Å². The Morgan fingerprint density at radius 1 is 1.16 bits per heavy atom. The Balaban J connectivity index is 1.70. The molecule has 1 fully saturated rings. The largest absolute Gasteiger partial charge is 0.481 e. The van der Waals surface area contributed by atoms with Crippen molar-refractivity contribution in [2.24, 2.45) is 11.3 Å². The van der Waals surface area contributed by atoms with E-state index in [9.17, 15) is 9.90 Å². The van der Waals surface area contributed by atoms with Crippen LogP contribution >= 0.6 is 0 Å². The summed E-state index contributed by atoms with van der Waals surface area (Å²) in [6.07, 6.45) is 4.93. The molecule has 0 bridgehead atoms. The van der Waals surface area contributed by atoms with Gasteiger partial charge in [-0.2, -0.15) is 0 Å². The number of aliphatic carboxylic acids is 1. The molecule has 2 N–H and O–H groups in total. The van der Waals surface area contributed by atoms with E-state index in [0.717, 1.165) is 32.1 Å². The number of H-pyrrole nitrogens is 1. The van der Waals surface area contributed by atoms with Gasteiger partial charge in [-0.1, -0.05) is 24.6 Å². The molecule has 0 radical (unpaired) electrons. The van der Waals surface area contributed by atoms with Crippen LogP contribution in [0.3, 0.4) is 0 Å². The quantitative estimate of drug-likeness (QED) is 0.639. The Hall–Kier alpha value is -2.29. The number of hydrogen-bond donors (Lipinski definition) is 2. The van der Waals surface area contributed by atoms with Crippen LogP contribution in [-0.4, -0.2) is 16.1 Å². The van der Waals surface area contributed by atoms with Gasteiger partial charge in [-0.25, -0.2) is 0 Å². The van der Waals surface area contributed by atoms with E-state index in [2.05, 4.69) is 41.4 Å². The molecule has 25 heavy (non-hydrogen) atoms. The van der Waals surface area contributed by atoms with E-state index in [4.69, 9.17) is 0 Å². The van der Waals surface area contributed by atoms with E-state index in [1.165, 1.54) is 32.9 Å². The lowest BCUT2D eigenvalue weighted by Crippen LogP contribution is -2.44. The second kappa shape index (κ2) is 5.10. The third-order valence-electron chi connectivity index (χ3n) is 6.89. The van der Waals surface area contributed by atoms with Gasteiger partial charge in [-0.3, -0.25) is 4.79 Å². The van der Waals surface area contributed by atoms with Crippen LogP contribution in [-0.2, 0) is 11.2 Å². The Labute approximate surface area is 147 Å². The lowest BCUT2D eigenvalue weighted by atomic mass is 9.57. The molecule has 0 amide bonds. The molecule has 3 atom stereocenters.